The van der Waals surface area contributed by atoms with Crippen LogP contribution in [0, 0.1) is 0 Å². The van der Waals surface area contributed by atoms with E-state index >= 15 is 0 Å². The quantitative estimate of drug-likeness (QED) is 0.530. The summed E-state index contributed by atoms with van der Waals surface area (Å²) in [6.45, 7) is -5.29. The molecule has 0 heterocycles. The van der Waals surface area contributed by atoms with Crippen LogP contribution in [-0.2, 0) is 0 Å². The van der Waals surface area contributed by atoms with Crippen molar-refractivity contribution in [3.63, 3.8) is 0 Å². The third kappa shape index (κ3) is 5.92. The third-order valence-electron chi connectivity index (χ3n) is 0.447. The van der Waals surface area contributed by atoms with Crippen LogP contribution >= 0.6 is 0 Å². The maximum absolute atomic E-state index is 8.95. The predicted octanol–water partition coefficient (Wildman–Crippen LogP) is 0.138. The molecular formula is C5H12O2. The molecule has 0 aromatic rings. The molecule has 0 aromatic heterocycles. The van der Waals surface area contributed by atoms with E-state index < -0.39 is 32.3 Å². The molecular weight excluding hydrogens is 92.1 g/mol. The second-order valence-electron chi connectivity index (χ2n) is 1.27. The second kappa shape index (κ2) is 2.99. The smallest absolute Gasteiger partial charge is 0.0536 e. The molecule has 0 rings (SSSR count). The summed E-state index contributed by atoms with van der Waals surface area (Å²) >= 11 is 0. The molecule has 0 saturated heterocycles. The molecule has 0 spiro atoms. The lowest BCUT2D eigenvalue weighted by Crippen LogP contribution is -2.10. The summed E-state index contributed by atoms with van der Waals surface area (Å²) < 4.78 is 40.3. The largest absolute Gasteiger partial charge is 0.393 e. The van der Waals surface area contributed by atoms with E-state index in [4.69, 9.17) is 18.4 Å². The Morgan fingerprint density at radius 1 is 1.43 bits per heavy atom. The van der Waals surface area contributed by atoms with Crippen LogP contribution in [0.25, 0.3) is 0 Å². The summed E-state index contributed by atoms with van der Waals surface area (Å²) in [7, 11) is 0. The highest BCUT2D eigenvalue weighted by molar-refractivity contribution is 4.51. The van der Waals surface area contributed by atoms with E-state index in [1.165, 1.54) is 0 Å². The van der Waals surface area contributed by atoms with Gasteiger partial charge in [0, 0.05) is 8.22 Å². The minimum absolute atomic E-state index is 0.674. The molecule has 2 atom stereocenters. The summed E-state index contributed by atoms with van der Waals surface area (Å²) in [5, 5.41) is 17.9. The van der Waals surface area contributed by atoms with Gasteiger partial charge >= 0.3 is 0 Å². The Hall–Kier alpha value is -0.0800. The monoisotopic (exact) mass is 110 g/mol. The van der Waals surface area contributed by atoms with E-state index in [0.717, 1.165) is 0 Å². The minimum atomic E-state index is -2.65. The first-order valence-electron chi connectivity index (χ1n) is 4.91. The number of hydrogen-bond donors (Lipinski definition) is 2. The van der Waals surface area contributed by atoms with Crippen molar-refractivity contribution in [2.75, 3.05) is 0 Å². The lowest BCUT2D eigenvalue weighted by Gasteiger charge is -2.04. The third-order valence-corrected chi connectivity index (χ3v) is 0.447. The number of rotatable bonds is 2. The van der Waals surface area contributed by atoms with Gasteiger partial charge in [0.25, 0.3) is 0 Å². The van der Waals surface area contributed by atoms with Gasteiger partial charge in [0.05, 0.1) is 12.2 Å². The van der Waals surface area contributed by atoms with Crippen molar-refractivity contribution in [3.8, 4) is 0 Å². The van der Waals surface area contributed by atoms with Crippen molar-refractivity contribution in [3.05, 3.63) is 0 Å². The molecule has 7 heavy (non-hydrogen) atoms. The van der Waals surface area contributed by atoms with Gasteiger partial charge < -0.3 is 10.2 Å². The predicted molar refractivity (Wildman–Crippen MR) is 28.0 cm³/mol. The summed E-state index contributed by atoms with van der Waals surface area (Å²) in [4.78, 5) is 0. The summed E-state index contributed by atoms with van der Waals surface area (Å²) in [5.74, 6) is 0. The van der Waals surface area contributed by atoms with E-state index in [1.807, 2.05) is 0 Å². The molecule has 0 amide bonds. The second-order valence-corrected chi connectivity index (χ2v) is 1.27. The van der Waals surface area contributed by atoms with Crippen molar-refractivity contribution >= 4 is 0 Å². The zero-order valence-electron chi connectivity index (χ0n) is 9.76. The van der Waals surface area contributed by atoms with Crippen molar-refractivity contribution < 1.29 is 18.4 Å². The first-order valence-corrected chi connectivity index (χ1v) is 1.91. The lowest BCUT2D eigenvalue weighted by molar-refractivity contribution is 0.102. The topological polar surface area (TPSA) is 40.5 Å². The molecule has 0 aliphatic rings. The maximum atomic E-state index is 8.95. The van der Waals surface area contributed by atoms with Crippen molar-refractivity contribution in [1.29, 1.82) is 0 Å². The summed E-state index contributed by atoms with van der Waals surface area (Å²) in [5.41, 5.74) is 0. The Labute approximate surface area is 52.2 Å². The average molecular weight is 110 g/mol. The van der Waals surface area contributed by atoms with Gasteiger partial charge in [-0.2, -0.15) is 0 Å². The summed E-state index contributed by atoms with van der Waals surface area (Å²) in [6, 6.07) is 0. The van der Waals surface area contributed by atoms with Crippen molar-refractivity contribution in [2.45, 2.75) is 32.3 Å². The molecule has 0 bridgehead atoms. The Kier molecular flexibility index (Phi) is 0.730. The van der Waals surface area contributed by atoms with Crippen LogP contribution in [0.5, 0.6) is 0 Å². The number of aliphatic hydroxyl groups excluding tert-OH is 2. The molecule has 2 nitrogen and oxygen atoms in total. The zero-order valence-corrected chi connectivity index (χ0v) is 3.76. The van der Waals surface area contributed by atoms with Crippen molar-refractivity contribution in [2.24, 2.45) is 0 Å². The molecule has 2 unspecified atom stereocenters. The average Bonchev–Trinajstić information content (AvgIpc) is 1.82. The highest BCUT2D eigenvalue weighted by Crippen LogP contribution is 1.93. The van der Waals surface area contributed by atoms with E-state index in [1.54, 1.807) is 0 Å². The SMILES string of the molecule is [2H]C([2H])([2H])C(O)CC(O)C([2H])([2H])[2H]. The molecule has 0 aliphatic carbocycles. The number of hydrogen-bond acceptors (Lipinski definition) is 2. The zero-order chi connectivity index (χ0) is 10.9. The fourth-order valence-electron chi connectivity index (χ4n) is 0.211. The van der Waals surface area contributed by atoms with Gasteiger partial charge in [0.15, 0.2) is 0 Å². The van der Waals surface area contributed by atoms with Crippen LogP contribution in [0.2, 0.25) is 0 Å². The van der Waals surface area contributed by atoms with Gasteiger partial charge in [-0.1, -0.05) is 0 Å². The Bertz CT molecular complexity index is 143. The molecule has 2 heteroatoms. The Morgan fingerprint density at radius 3 is 2.14 bits per heavy atom. The van der Waals surface area contributed by atoms with Crippen LogP contribution in [0.15, 0.2) is 0 Å². The first kappa shape index (κ1) is 1.71. The van der Waals surface area contributed by atoms with Crippen LogP contribution in [0.4, 0.5) is 0 Å². The summed E-state index contributed by atoms with van der Waals surface area (Å²) in [6.07, 6.45) is -4.28. The normalized spacial score (nSPS) is 35.1. The standard InChI is InChI=1S/C5H12O2/c1-4(6)3-5(2)7/h4-7H,3H2,1-2H3/i1D3,2D3. The van der Waals surface area contributed by atoms with Crippen LogP contribution in [0.1, 0.15) is 28.3 Å². The fraction of sp³-hybridized carbons (Fsp3) is 1.00. The van der Waals surface area contributed by atoms with Gasteiger partial charge in [0.2, 0.25) is 0 Å². The van der Waals surface area contributed by atoms with Crippen LogP contribution < -0.4 is 0 Å². The molecule has 0 radical (unpaired) electrons. The van der Waals surface area contributed by atoms with Gasteiger partial charge in [-0.15, -0.1) is 0 Å². The van der Waals surface area contributed by atoms with Crippen LogP contribution in [-0.4, -0.2) is 22.4 Å². The molecule has 0 aromatic carbocycles. The van der Waals surface area contributed by atoms with Gasteiger partial charge in [-0.3, -0.25) is 0 Å². The van der Waals surface area contributed by atoms with Crippen LogP contribution in [0.3, 0.4) is 0 Å². The van der Waals surface area contributed by atoms with E-state index in [2.05, 4.69) is 0 Å². The van der Waals surface area contributed by atoms with E-state index in [0.29, 0.717) is 0 Å². The van der Waals surface area contributed by atoms with Crippen molar-refractivity contribution in [1.82, 2.24) is 0 Å². The van der Waals surface area contributed by atoms with Gasteiger partial charge in [-0.25, -0.2) is 0 Å². The van der Waals surface area contributed by atoms with Gasteiger partial charge in [-0.05, 0) is 20.1 Å². The lowest BCUT2D eigenvalue weighted by atomic mass is 10.2. The minimum Gasteiger partial charge on any atom is -0.393 e. The Balaban J connectivity index is 4.15. The maximum Gasteiger partial charge on any atom is 0.0536 e. The molecule has 44 valence electrons. The molecule has 2 N–H and O–H groups in total. The first-order chi connectivity index (χ1) is 5.55. The van der Waals surface area contributed by atoms with E-state index in [9.17, 15) is 0 Å². The fourth-order valence-corrected chi connectivity index (χ4v) is 0.211. The highest BCUT2D eigenvalue weighted by Gasteiger charge is 1.98. The van der Waals surface area contributed by atoms with Gasteiger partial charge in [0.1, 0.15) is 0 Å². The van der Waals surface area contributed by atoms with E-state index in [-0.39, 0.29) is 0 Å². The number of aliphatic hydroxyl groups is 2. The molecule has 0 saturated carbocycles. The molecule has 0 fully saturated rings. The Morgan fingerprint density at radius 2 is 1.86 bits per heavy atom. The molecule has 0 aliphatic heterocycles. The highest BCUT2D eigenvalue weighted by atomic mass is 16.3.